The van der Waals surface area contributed by atoms with Crippen molar-refractivity contribution in [1.29, 1.82) is 0 Å². The van der Waals surface area contributed by atoms with Gasteiger partial charge in [0.1, 0.15) is 12.3 Å². The molecule has 0 atom stereocenters. The lowest BCUT2D eigenvalue weighted by Gasteiger charge is -2.19. The molecule has 0 radical (unpaired) electrons. The van der Waals surface area contributed by atoms with Crippen molar-refractivity contribution in [2.75, 3.05) is 26.8 Å². The average molecular weight is 332 g/mol. The van der Waals surface area contributed by atoms with Gasteiger partial charge >= 0.3 is 5.97 Å². The van der Waals surface area contributed by atoms with Crippen LogP contribution in [0.1, 0.15) is 11.5 Å². The van der Waals surface area contributed by atoms with E-state index in [0.717, 1.165) is 5.56 Å². The van der Waals surface area contributed by atoms with Crippen molar-refractivity contribution in [1.82, 2.24) is 9.88 Å². The van der Waals surface area contributed by atoms with Crippen molar-refractivity contribution >= 4 is 11.9 Å². The lowest BCUT2D eigenvalue weighted by Crippen LogP contribution is -2.39. The van der Waals surface area contributed by atoms with Crippen LogP contribution in [0.3, 0.4) is 0 Å². The van der Waals surface area contributed by atoms with Gasteiger partial charge in [-0.1, -0.05) is 18.2 Å². The van der Waals surface area contributed by atoms with E-state index in [0.29, 0.717) is 17.3 Å². The van der Waals surface area contributed by atoms with Crippen LogP contribution in [-0.4, -0.2) is 53.7 Å². The third-order valence-electron chi connectivity index (χ3n) is 3.48. The first-order valence-electron chi connectivity index (χ1n) is 7.51. The minimum atomic E-state index is -1.07. The monoisotopic (exact) mass is 332 g/mol. The van der Waals surface area contributed by atoms with Crippen molar-refractivity contribution in [3.8, 4) is 11.5 Å². The molecule has 1 aromatic heterocycles. The summed E-state index contributed by atoms with van der Waals surface area (Å²) in [5.74, 6) is -0.409. The fraction of sp³-hybridized carbons (Fsp3) is 0.353. The molecule has 7 heteroatoms. The quantitative estimate of drug-likeness (QED) is 0.792. The summed E-state index contributed by atoms with van der Waals surface area (Å²) in [6.45, 7) is 1.85. The molecule has 0 saturated heterocycles. The van der Waals surface area contributed by atoms with E-state index in [-0.39, 0.29) is 32.0 Å². The molecule has 7 nitrogen and oxygen atoms in total. The number of carboxylic acids is 1. The molecule has 0 fully saturated rings. The summed E-state index contributed by atoms with van der Waals surface area (Å²) < 4.78 is 10.5. The Morgan fingerprint density at radius 3 is 2.62 bits per heavy atom. The second-order valence-electron chi connectivity index (χ2n) is 5.27. The zero-order chi connectivity index (χ0) is 17.5. The highest BCUT2D eigenvalue weighted by Crippen LogP contribution is 2.21. The number of ether oxygens (including phenoxy) is 1. The molecule has 1 heterocycles. The molecule has 2 aromatic rings. The number of hydrogen-bond donors (Lipinski definition) is 1. The molecule has 128 valence electrons. The number of carbonyl (C=O) groups is 2. The van der Waals surface area contributed by atoms with E-state index in [9.17, 15) is 9.59 Å². The van der Waals surface area contributed by atoms with Gasteiger partial charge in [0.05, 0.1) is 18.7 Å². The zero-order valence-electron chi connectivity index (χ0n) is 13.7. The van der Waals surface area contributed by atoms with Crippen molar-refractivity contribution in [2.45, 2.75) is 13.3 Å². The van der Waals surface area contributed by atoms with E-state index in [1.807, 2.05) is 30.3 Å². The molecule has 1 amide bonds. The molecule has 0 spiro atoms. The summed E-state index contributed by atoms with van der Waals surface area (Å²) in [6.07, 6.45) is -0.0147. The highest BCUT2D eigenvalue weighted by atomic mass is 16.5. The molecule has 24 heavy (non-hydrogen) atoms. The largest absolute Gasteiger partial charge is 0.480 e. The number of aromatic nitrogens is 1. The van der Waals surface area contributed by atoms with Crippen LogP contribution in [0.2, 0.25) is 0 Å². The number of nitrogens with zero attached hydrogens (tertiary/aromatic N) is 2. The number of benzene rings is 1. The molecule has 0 aliphatic carbocycles. The smallest absolute Gasteiger partial charge is 0.323 e. The summed E-state index contributed by atoms with van der Waals surface area (Å²) in [4.78, 5) is 28.9. The Kier molecular flexibility index (Phi) is 6.08. The summed E-state index contributed by atoms with van der Waals surface area (Å²) >= 11 is 0. The molecular weight excluding hydrogens is 312 g/mol. The maximum atomic E-state index is 12.4. The first kappa shape index (κ1) is 17.7. The van der Waals surface area contributed by atoms with Gasteiger partial charge in [-0.2, -0.15) is 0 Å². The Morgan fingerprint density at radius 2 is 2.00 bits per heavy atom. The van der Waals surface area contributed by atoms with E-state index in [4.69, 9.17) is 14.3 Å². The molecule has 1 N–H and O–H groups in total. The predicted molar refractivity (Wildman–Crippen MR) is 86.5 cm³/mol. The number of aryl methyl sites for hydroxylation is 1. The van der Waals surface area contributed by atoms with Crippen LogP contribution in [0.5, 0.6) is 0 Å². The van der Waals surface area contributed by atoms with Crippen LogP contribution in [0.15, 0.2) is 34.7 Å². The lowest BCUT2D eigenvalue weighted by atomic mass is 10.2. The summed E-state index contributed by atoms with van der Waals surface area (Å²) in [5.41, 5.74) is 1.33. The molecular formula is C17H20N2O5. The average Bonchev–Trinajstić information content (AvgIpc) is 2.92. The fourth-order valence-electron chi connectivity index (χ4n) is 2.21. The number of carbonyl (C=O) groups excluding carboxylic acids is 1. The van der Waals surface area contributed by atoms with Gasteiger partial charge < -0.3 is 19.2 Å². The van der Waals surface area contributed by atoms with Gasteiger partial charge in [0.2, 0.25) is 11.8 Å². The van der Waals surface area contributed by atoms with Crippen LogP contribution in [0.4, 0.5) is 0 Å². The number of hydrogen-bond acceptors (Lipinski definition) is 5. The molecule has 0 saturated carbocycles. The van der Waals surface area contributed by atoms with E-state index < -0.39 is 5.97 Å². The first-order valence-corrected chi connectivity index (χ1v) is 7.51. The Hall–Kier alpha value is -2.67. The van der Waals surface area contributed by atoms with Crippen molar-refractivity contribution < 1.29 is 23.8 Å². The maximum Gasteiger partial charge on any atom is 0.323 e. The molecule has 0 aliphatic rings. The van der Waals surface area contributed by atoms with Gasteiger partial charge in [-0.05, 0) is 19.1 Å². The van der Waals surface area contributed by atoms with Crippen LogP contribution < -0.4 is 0 Å². The lowest BCUT2D eigenvalue weighted by molar-refractivity contribution is -0.144. The summed E-state index contributed by atoms with van der Waals surface area (Å²) in [5, 5.41) is 8.94. The van der Waals surface area contributed by atoms with Gasteiger partial charge in [-0.3, -0.25) is 9.59 Å². The third kappa shape index (κ3) is 4.66. The minimum absolute atomic E-state index is 0.0147. The van der Waals surface area contributed by atoms with Crippen molar-refractivity contribution in [3.05, 3.63) is 41.8 Å². The summed E-state index contributed by atoms with van der Waals surface area (Å²) in [7, 11) is 1.50. The molecule has 0 bridgehead atoms. The first-order chi connectivity index (χ1) is 11.5. The SMILES string of the molecule is COCCN(CC(=O)O)C(=O)Cc1nc(-c2ccccc2)oc1C. The molecule has 2 rings (SSSR count). The van der Waals surface area contributed by atoms with Gasteiger partial charge in [-0.15, -0.1) is 0 Å². The van der Waals surface area contributed by atoms with Crippen molar-refractivity contribution in [3.63, 3.8) is 0 Å². The van der Waals surface area contributed by atoms with E-state index in [1.165, 1.54) is 12.0 Å². The number of amides is 1. The van der Waals surface area contributed by atoms with Crippen molar-refractivity contribution in [2.24, 2.45) is 0 Å². The highest BCUT2D eigenvalue weighted by Gasteiger charge is 2.20. The Morgan fingerprint density at radius 1 is 1.29 bits per heavy atom. The minimum Gasteiger partial charge on any atom is -0.480 e. The van der Waals surface area contributed by atoms with E-state index in [2.05, 4.69) is 4.98 Å². The molecule has 0 unspecified atom stereocenters. The topological polar surface area (TPSA) is 92.9 Å². The number of methoxy groups -OCH3 is 1. The van der Waals surface area contributed by atoms with Crippen LogP contribution >= 0.6 is 0 Å². The summed E-state index contributed by atoms with van der Waals surface area (Å²) in [6, 6.07) is 9.37. The normalized spacial score (nSPS) is 10.6. The standard InChI is InChI=1S/C17H20N2O5/c1-12-14(18-17(24-12)13-6-4-3-5-7-13)10-15(20)19(8-9-23-2)11-16(21)22/h3-7H,8-11H2,1-2H3,(H,21,22). The third-order valence-corrected chi connectivity index (χ3v) is 3.48. The van der Waals surface area contributed by atoms with Crippen LogP contribution in [-0.2, 0) is 20.7 Å². The van der Waals surface area contributed by atoms with Gasteiger partial charge in [0, 0.05) is 19.2 Å². The zero-order valence-corrected chi connectivity index (χ0v) is 13.7. The van der Waals surface area contributed by atoms with E-state index >= 15 is 0 Å². The maximum absolute atomic E-state index is 12.4. The number of carboxylic acid groups (broad SMARTS) is 1. The number of rotatable bonds is 8. The Bertz CT molecular complexity index is 696. The molecule has 0 aliphatic heterocycles. The van der Waals surface area contributed by atoms with Crippen LogP contribution in [0, 0.1) is 6.92 Å². The van der Waals surface area contributed by atoms with Gasteiger partial charge in [0.15, 0.2) is 0 Å². The van der Waals surface area contributed by atoms with Gasteiger partial charge in [0.25, 0.3) is 0 Å². The fourth-order valence-corrected chi connectivity index (χ4v) is 2.21. The second kappa shape index (κ2) is 8.26. The predicted octanol–water partition coefficient (Wildman–Crippen LogP) is 1.75. The Labute approximate surface area is 139 Å². The van der Waals surface area contributed by atoms with Crippen LogP contribution in [0.25, 0.3) is 11.5 Å². The molecule has 1 aromatic carbocycles. The highest BCUT2D eigenvalue weighted by molar-refractivity contribution is 5.83. The number of aliphatic carboxylic acids is 1. The number of oxazole rings is 1. The Balaban J connectivity index is 2.12. The van der Waals surface area contributed by atoms with Gasteiger partial charge in [-0.25, -0.2) is 4.98 Å². The second-order valence-corrected chi connectivity index (χ2v) is 5.27. The van der Waals surface area contributed by atoms with E-state index in [1.54, 1.807) is 6.92 Å².